The minimum Gasteiger partial charge on any atom is -0.455 e. The topological polar surface area (TPSA) is 13.1 Å². The summed E-state index contributed by atoms with van der Waals surface area (Å²) in [4.78, 5) is 0. The van der Waals surface area contributed by atoms with E-state index in [4.69, 9.17) is 4.42 Å². The average molecular weight is 582 g/mol. The first-order chi connectivity index (χ1) is 19.2. The van der Waals surface area contributed by atoms with Gasteiger partial charge in [0.25, 0.3) is 0 Å². The third-order valence-electron chi connectivity index (χ3n) is 7.67. The Morgan fingerprint density at radius 2 is 1.00 bits per heavy atom. The molecule has 186 valence electrons. The van der Waals surface area contributed by atoms with Crippen LogP contribution in [0.4, 0.5) is 0 Å². The molecule has 0 saturated heterocycles. The van der Waals surface area contributed by atoms with Crippen LogP contribution < -0.4 is 20.7 Å². The van der Waals surface area contributed by atoms with Crippen molar-refractivity contribution in [1.82, 2.24) is 0 Å². The van der Waals surface area contributed by atoms with Gasteiger partial charge in [-0.25, -0.2) is 0 Å². The first-order valence-corrected chi connectivity index (χ1v) is 15.9. The second kappa shape index (κ2) is 9.85. The number of fused-ring (bicyclic) bond motifs is 3. The van der Waals surface area contributed by atoms with Crippen molar-refractivity contribution in [1.29, 1.82) is 0 Å². The Morgan fingerprint density at radius 3 is 1.62 bits per heavy atom. The largest absolute Gasteiger partial charge is 0.455 e. The van der Waals surface area contributed by atoms with Gasteiger partial charge < -0.3 is 4.42 Å². The SMILES string of the molecule is Brc1cc(-c2cccc3c2oc2ccccc23)cc([Si](c2ccccc2)(c2ccccc2)c2ccccc2)c1. The molecule has 0 aliphatic heterocycles. The molecule has 0 amide bonds. The fourth-order valence-corrected chi connectivity index (χ4v) is 11.5. The molecule has 0 radical (unpaired) electrons. The van der Waals surface area contributed by atoms with E-state index in [9.17, 15) is 0 Å². The van der Waals surface area contributed by atoms with Gasteiger partial charge in [-0.2, -0.15) is 0 Å². The van der Waals surface area contributed by atoms with Crippen molar-refractivity contribution in [2.24, 2.45) is 0 Å². The number of rotatable bonds is 5. The maximum atomic E-state index is 6.45. The highest BCUT2D eigenvalue weighted by molar-refractivity contribution is 9.10. The lowest BCUT2D eigenvalue weighted by Crippen LogP contribution is -2.74. The lowest BCUT2D eigenvalue weighted by Gasteiger charge is -2.35. The lowest BCUT2D eigenvalue weighted by atomic mass is 10.0. The number of halogens is 1. The second-order valence-electron chi connectivity index (χ2n) is 9.86. The number of hydrogen-bond acceptors (Lipinski definition) is 1. The summed E-state index contributed by atoms with van der Waals surface area (Å²) in [6.07, 6.45) is 0. The molecule has 1 nitrogen and oxygen atoms in total. The Morgan fingerprint density at radius 1 is 0.462 bits per heavy atom. The zero-order chi connectivity index (χ0) is 26.2. The Labute approximate surface area is 237 Å². The molecule has 0 aliphatic carbocycles. The van der Waals surface area contributed by atoms with Gasteiger partial charge in [-0.05, 0) is 44.5 Å². The standard InChI is InChI=1S/C36H25BrOSi/c37-27-23-26(32-20-12-21-34-33-19-10-11-22-35(33)38-36(32)34)24-31(25-27)39(28-13-4-1-5-14-28,29-15-6-2-7-16-29)30-17-8-3-9-18-30/h1-25H. The van der Waals surface area contributed by atoms with Gasteiger partial charge in [0.05, 0.1) is 0 Å². The minimum atomic E-state index is -2.66. The molecule has 0 spiro atoms. The van der Waals surface area contributed by atoms with Crippen molar-refractivity contribution in [3.63, 3.8) is 0 Å². The minimum absolute atomic E-state index is 0.914. The first-order valence-electron chi connectivity index (χ1n) is 13.1. The summed E-state index contributed by atoms with van der Waals surface area (Å²) in [5.41, 5.74) is 4.08. The van der Waals surface area contributed by atoms with E-state index in [0.29, 0.717) is 0 Å². The van der Waals surface area contributed by atoms with E-state index in [1.807, 2.05) is 12.1 Å². The van der Waals surface area contributed by atoms with E-state index in [1.54, 1.807) is 0 Å². The molecule has 0 unspecified atom stereocenters. The summed E-state index contributed by atoms with van der Waals surface area (Å²) >= 11 is 3.91. The Hall–Kier alpha value is -4.18. The van der Waals surface area contributed by atoms with Crippen LogP contribution in [0, 0.1) is 0 Å². The Kier molecular flexibility index (Phi) is 6.03. The number of furan rings is 1. The molecular weight excluding hydrogens is 556 g/mol. The van der Waals surface area contributed by atoms with Gasteiger partial charge in [-0.15, -0.1) is 0 Å². The van der Waals surface area contributed by atoms with Crippen molar-refractivity contribution in [2.75, 3.05) is 0 Å². The highest BCUT2D eigenvalue weighted by Crippen LogP contribution is 2.36. The van der Waals surface area contributed by atoms with Crippen LogP contribution in [0.2, 0.25) is 0 Å². The first kappa shape index (κ1) is 23.9. The monoisotopic (exact) mass is 580 g/mol. The van der Waals surface area contributed by atoms with Gasteiger partial charge in [0.1, 0.15) is 11.2 Å². The van der Waals surface area contributed by atoms with Gasteiger partial charge in [-0.3, -0.25) is 0 Å². The molecule has 7 rings (SSSR count). The van der Waals surface area contributed by atoms with Gasteiger partial charge >= 0.3 is 0 Å². The van der Waals surface area contributed by atoms with E-state index in [-0.39, 0.29) is 0 Å². The lowest BCUT2D eigenvalue weighted by molar-refractivity contribution is 0.670. The fraction of sp³-hybridized carbons (Fsp3) is 0. The van der Waals surface area contributed by atoms with E-state index in [0.717, 1.165) is 37.5 Å². The second-order valence-corrected chi connectivity index (χ2v) is 14.6. The molecule has 6 aromatic carbocycles. The van der Waals surface area contributed by atoms with Crippen LogP contribution in [0.15, 0.2) is 161 Å². The molecule has 1 aromatic heterocycles. The van der Waals surface area contributed by atoms with Crippen molar-refractivity contribution in [2.45, 2.75) is 0 Å². The van der Waals surface area contributed by atoms with E-state index in [1.165, 1.54) is 20.7 Å². The van der Waals surface area contributed by atoms with Crippen molar-refractivity contribution >= 4 is 66.7 Å². The van der Waals surface area contributed by atoms with E-state index in [2.05, 4.69) is 155 Å². The molecule has 0 aliphatic rings. The molecule has 0 bridgehead atoms. The predicted molar refractivity (Wildman–Crippen MR) is 170 cm³/mol. The van der Waals surface area contributed by atoms with Gasteiger partial charge in [-0.1, -0.05) is 149 Å². The van der Waals surface area contributed by atoms with Crippen molar-refractivity contribution < 1.29 is 4.42 Å². The van der Waals surface area contributed by atoms with Crippen LogP contribution in [0.25, 0.3) is 33.1 Å². The van der Waals surface area contributed by atoms with Crippen LogP contribution in [0.1, 0.15) is 0 Å². The quantitative estimate of drug-likeness (QED) is 0.153. The van der Waals surface area contributed by atoms with Crippen LogP contribution in [0.5, 0.6) is 0 Å². The zero-order valence-electron chi connectivity index (χ0n) is 21.2. The van der Waals surface area contributed by atoms with E-state index < -0.39 is 8.07 Å². The fourth-order valence-electron chi connectivity index (χ4n) is 6.00. The van der Waals surface area contributed by atoms with Crippen LogP contribution >= 0.6 is 15.9 Å². The average Bonchev–Trinajstić information content (AvgIpc) is 3.38. The summed E-state index contributed by atoms with van der Waals surface area (Å²) in [6, 6.07) is 54.8. The van der Waals surface area contributed by atoms with Gasteiger partial charge in [0, 0.05) is 20.8 Å². The third-order valence-corrected chi connectivity index (χ3v) is 12.9. The smallest absolute Gasteiger partial charge is 0.179 e. The Bertz CT molecular complexity index is 1810. The highest BCUT2D eigenvalue weighted by atomic mass is 79.9. The van der Waals surface area contributed by atoms with Crippen LogP contribution in [-0.4, -0.2) is 8.07 Å². The third kappa shape index (κ3) is 3.97. The summed E-state index contributed by atoms with van der Waals surface area (Å²) in [5.74, 6) is 0. The molecule has 0 atom stereocenters. The number of hydrogen-bond donors (Lipinski definition) is 0. The highest BCUT2D eigenvalue weighted by Gasteiger charge is 2.41. The molecule has 1 heterocycles. The molecular formula is C36H25BrOSi. The van der Waals surface area contributed by atoms with Gasteiger partial charge in [0.15, 0.2) is 8.07 Å². The summed E-state index contributed by atoms with van der Waals surface area (Å²) in [7, 11) is -2.66. The number of para-hydroxylation sites is 2. The van der Waals surface area contributed by atoms with Crippen LogP contribution in [0.3, 0.4) is 0 Å². The Balaban J connectivity index is 1.56. The van der Waals surface area contributed by atoms with Crippen molar-refractivity contribution in [3.8, 4) is 11.1 Å². The van der Waals surface area contributed by atoms with E-state index >= 15 is 0 Å². The molecule has 3 heteroatoms. The number of benzene rings is 6. The maximum Gasteiger partial charge on any atom is 0.179 e. The van der Waals surface area contributed by atoms with Crippen LogP contribution in [-0.2, 0) is 0 Å². The predicted octanol–water partition coefficient (Wildman–Crippen LogP) is 7.39. The van der Waals surface area contributed by atoms with Crippen molar-refractivity contribution in [3.05, 3.63) is 156 Å². The molecule has 0 saturated carbocycles. The zero-order valence-corrected chi connectivity index (χ0v) is 23.8. The summed E-state index contributed by atoms with van der Waals surface area (Å²) in [6.45, 7) is 0. The maximum absolute atomic E-state index is 6.45. The van der Waals surface area contributed by atoms with Gasteiger partial charge in [0.2, 0.25) is 0 Å². The molecule has 0 N–H and O–H groups in total. The molecule has 39 heavy (non-hydrogen) atoms. The normalized spacial score (nSPS) is 11.7. The molecule has 7 aromatic rings. The summed E-state index contributed by atoms with van der Waals surface area (Å²) < 4.78 is 7.51. The molecule has 0 fully saturated rings. The summed E-state index contributed by atoms with van der Waals surface area (Å²) in [5, 5.41) is 7.67.